The van der Waals surface area contributed by atoms with E-state index in [2.05, 4.69) is 33.8 Å². The fourth-order valence-corrected chi connectivity index (χ4v) is 2.11. The zero-order valence-electron chi connectivity index (χ0n) is 11.6. The second kappa shape index (κ2) is 7.71. The number of aliphatic imine (C=N–C) groups is 1. The molecule has 3 rings (SSSR count). The van der Waals surface area contributed by atoms with Crippen LogP contribution >= 0.6 is 24.0 Å². The Morgan fingerprint density at radius 3 is 2.90 bits per heavy atom. The summed E-state index contributed by atoms with van der Waals surface area (Å²) in [6.07, 6.45) is 3.76. The first-order valence-electron chi connectivity index (χ1n) is 7.15. The monoisotopic (exact) mass is 387 g/mol. The molecule has 0 radical (unpaired) electrons. The van der Waals surface area contributed by atoms with Crippen molar-refractivity contribution in [3.05, 3.63) is 29.8 Å². The molecule has 0 amide bonds. The minimum absolute atomic E-state index is 0. The summed E-state index contributed by atoms with van der Waals surface area (Å²) in [4.78, 5) is 4.41. The molecule has 1 aromatic rings. The Labute approximate surface area is 137 Å². The molecule has 1 saturated carbocycles. The molecule has 1 aliphatic carbocycles. The molecule has 0 bridgehead atoms. The highest BCUT2D eigenvalue weighted by Crippen LogP contribution is 2.30. The van der Waals surface area contributed by atoms with Crippen LogP contribution in [0.25, 0.3) is 0 Å². The molecule has 4 nitrogen and oxygen atoms in total. The Hall–Kier alpha value is -0.980. The van der Waals surface area contributed by atoms with Gasteiger partial charge in [-0.2, -0.15) is 0 Å². The molecule has 0 unspecified atom stereocenters. The van der Waals surface area contributed by atoms with Crippen LogP contribution in [0.3, 0.4) is 0 Å². The molecule has 1 aromatic carbocycles. The van der Waals surface area contributed by atoms with Gasteiger partial charge in [0.15, 0.2) is 5.96 Å². The van der Waals surface area contributed by atoms with E-state index in [-0.39, 0.29) is 24.0 Å². The third-order valence-electron chi connectivity index (χ3n) is 3.49. The number of nitrogens with zero attached hydrogens (tertiary/aromatic N) is 1. The van der Waals surface area contributed by atoms with Crippen molar-refractivity contribution in [2.45, 2.75) is 25.8 Å². The van der Waals surface area contributed by atoms with Gasteiger partial charge in [-0.1, -0.05) is 18.2 Å². The number of halogens is 1. The van der Waals surface area contributed by atoms with Gasteiger partial charge in [0.25, 0.3) is 0 Å². The largest absolute Gasteiger partial charge is 0.493 e. The first-order valence-corrected chi connectivity index (χ1v) is 7.15. The van der Waals surface area contributed by atoms with Crippen molar-refractivity contribution in [1.82, 2.24) is 10.6 Å². The maximum atomic E-state index is 5.90. The van der Waals surface area contributed by atoms with Gasteiger partial charge in [0.2, 0.25) is 0 Å². The Morgan fingerprint density at radius 2 is 2.15 bits per heavy atom. The summed E-state index contributed by atoms with van der Waals surface area (Å²) in [6.45, 7) is 3.53. The Morgan fingerprint density at radius 1 is 1.30 bits per heavy atom. The van der Waals surface area contributed by atoms with E-state index in [0.717, 1.165) is 50.3 Å². The molecule has 2 N–H and O–H groups in total. The third kappa shape index (κ3) is 4.54. The van der Waals surface area contributed by atoms with Gasteiger partial charge in [-0.15, -0.1) is 24.0 Å². The smallest absolute Gasteiger partial charge is 0.191 e. The molecule has 1 aliphatic heterocycles. The normalized spacial score (nSPS) is 17.5. The Bertz CT molecular complexity index is 460. The summed E-state index contributed by atoms with van der Waals surface area (Å²) in [5, 5.41) is 6.61. The molecule has 1 fully saturated rings. The average Bonchev–Trinajstić information content (AvgIpc) is 3.29. The molecule has 0 spiro atoms. The van der Waals surface area contributed by atoms with Crippen LogP contribution in [-0.2, 0) is 6.54 Å². The number of hydrogen-bond acceptors (Lipinski definition) is 4. The van der Waals surface area contributed by atoms with E-state index < -0.39 is 0 Å². The number of rotatable bonds is 5. The lowest BCUT2D eigenvalue weighted by Crippen LogP contribution is -2.40. The first kappa shape index (κ1) is 15.4. The van der Waals surface area contributed by atoms with Gasteiger partial charge in [-0.25, -0.2) is 0 Å². The lowest BCUT2D eigenvalue weighted by molar-refractivity contribution is 0.296. The van der Waals surface area contributed by atoms with E-state index in [9.17, 15) is 0 Å². The van der Waals surface area contributed by atoms with E-state index in [1.807, 2.05) is 6.07 Å². The van der Waals surface area contributed by atoms with Crippen LogP contribution in [0, 0.1) is 5.92 Å². The van der Waals surface area contributed by atoms with Crippen LogP contribution in [0.4, 0.5) is 0 Å². The number of guanidine groups is 1. The molecular weight excluding hydrogens is 365 g/mol. The molecule has 0 aromatic heterocycles. The van der Waals surface area contributed by atoms with E-state index >= 15 is 0 Å². The van der Waals surface area contributed by atoms with Crippen molar-refractivity contribution >= 4 is 29.9 Å². The van der Waals surface area contributed by atoms with E-state index in [4.69, 9.17) is 4.74 Å². The Balaban J connectivity index is 0.00000147. The van der Waals surface area contributed by atoms with Crippen molar-refractivity contribution in [2.75, 3.05) is 19.7 Å². The topological polar surface area (TPSA) is 45.6 Å². The predicted molar refractivity (Wildman–Crippen MR) is 91.8 cm³/mol. The molecule has 110 valence electrons. The van der Waals surface area contributed by atoms with Gasteiger partial charge in [0.05, 0.1) is 6.61 Å². The second-order valence-electron chi connectivity index (χ2n) is 5.23. The molecule has 20 heavy (non-hydrogen) atoms. The molecule has 1 heterocycles. The summed E-state index contributed by atoms with van der Waals surface area (Å²) in [6, 6.07) is 8.24. The van der Waals surface area contributed by atoms with Crippen LogP contribution < -0.4 is 15.4 Å². The number of ether oxygens (including phenoxy) is 1. The van der Waals surface area contributed by atoms with Gasteiger partial charge in [0.1, 0.15) is 5.75 Å². The van der Waals surface area contributed by atoms with Crippen LogP contribution in [0.2, 0.25) is 0 Å². The van der Waals surface area contributed by atoms with Crippen LogP contribution in [-0.4, -0.2) is 25.7 Å². The Kier molecular flexibility index (Phi) is 5.94. The van der Waals surface area contributed by atoms with E-state index in [1.54, 1.807) is 0 Å². The van der Waals surface area contributed by atoms with Gasteiger partial charge in [-0.05, 0) is 31.2 Å². The highest BCUT2D eigenvalue weighted by atomic mass is 127. The summed E-state index contributed by atoms with van der Waals surface area (Å²) < 4.78 is 5.90. The molecule has 0 saturated heterocycles. The molecule has 5 heteroatoms. The maximum absolute atomic E-state index is 5.90. The van der Waals surface area contributed by atoms with Crippen molar-refractivity contribution in [2.24, 2.45) is 10.9 Å². The van der Waals surface area contributed by atoms with Gasteiger partial charge in [0, 0.05) is 25.2 Å². The quantitative estimate of drug-likeness (QED) is 0.764. The number of benzene rings is 1. The van der Waals surface area contributed by atoms with Crippen molar-refractivity contribution in [3.8, 4) is 5.75 Å². The minimum atomic E-state index is 0. The van der Waals surface area contributed by atoms with Crippen molar-refractivity contribution < 1.29 is 4.74 Å². The zero-order valence-corrected chi connectivity index (χ0v) is 13.9. The first-order chi connectivity index (χ1) is 9.42. The predicted octanol–water partition coefficient (Wildman–Crippen LogP) is 2.53. The van der Waals surface area contributed by atoms with Gasteiger partial charge < -0.3 is 15.4 Å². The van der Waals surface area contributed by atoms with Crippen LogP contribution in [0.5, 0.6) is 5.75 Å². The molecule has 0 atom stereocenters. The lowest BCUT2D eigenvalue weighted by Gasteiger charge is -2.17. The number of hydrogen-bond donors (Lipinski definition) is 2. The van der Waals surface area contributed by atoms with Crippen molar-refractivity contribution in [1.29, 1.82) is 0 Å². The summed E-state index contributed by atoms with van der Waals surface area (Å²) in [5.74, 6) is 2.69. The molecule has 2 aliphatic rings. The second-order valence-corrected chi connectivity index (χ2v) is 5.23. The third-order valence-corrected chi connectivity index (χ3v) is 3.49. The standard InChI is InChI=1S/C15H21N3O.HI/c1-2-5-14(19-11-12-6-7-12)13(4-1)10-18-15-16-8-3-9-17-15;/h1-2,4-5,12H,3,6-11H2,(H2,16,17,18);1H. The molecular formula is C15H22IN3O. The minimum Gasteiger partial charge on any atom is -0.493 e. The van der Waals surface area contributed by atoms with Crippen LogP contribution in [0.15, 0.2) is 29.3 Å². The van der Waals surface area contributed by atoms with E-state index in [0.29, 0.717) is 0 Å². The highest BCUT2D eigenvalue weighted by molar-refractivity contribution is 14.0. The van der Waals surface area contributed by atoms with Crippen LogP contribution in [0.1, 0.15) is 24.8 Å². The fourth-order valence-electron chi connectivity index (χ4n) is 2.11. The summed E-state index contributed by atoms with van der Waals surface area (Å²) in [7, 11) is 0. The lowest BCUT2D eigenvalue weighted by atomic mass is 10.2. The number of nitrogens with one attached hydrogen (secondary N) is 2. The van der Waals surface area contributed by atoms with Gasteiger partial charge in [-0.3, -0.25) is 4.99 Å². The zero-order chi connectivity index (χ0) is 12.9. The number of para-hydroxylation sites is 1. The van der Waals surface area contributed by atoms with E-state index in [1.165, 1.54) is 18.4 Å². The average molecular weight is 387 g/mol. The maximum Gasteiger partial charge on any atom is 0.191 e. The summed E-state index contributed by atoms with van der Waals surface area (Å²) >= 11 is 0. The highest BCUT2D eigenvalue weighted by Gasteiger charge is 2.22. The van der Waals surface area contributed by atoms with Gasteiger partial charge >= 0.3 is 0 Å². The SMILES string of the molecule is I.c1ccc(OCC2CC2)c(CNC2=NCCCN2)c1. The van der Waals surface area contributed by atoms with Crippen molar-refractivity contribution in [3.63, 3.8) is 0 Å². The fraction of sp³-hybridized carbons (Fsp3) is 0.533. The summed E-state index contributed by atoms with van der Waals surface area (Å²) in [5.41, 5.74) is 1.19.